The van der Waals surface area contributed by atoms with Crippen LogP contribution in [0.5, 0.6) is 5.75 Å². The summed E-state index contributed by atoms with van der Waals surface area (Å²) < 4.78 is 24.1. The minimum Gasteiger partial charge on any atom is -0.497 e. The summed E-state index contributed by atoms with van der Waals surface area (Å²) in [5.41, 5.74) is 1.94. The largest absolute Gasteiger partial charge is 0.497 e. The van der Waals surface area contributed by atoms with Crippen molar-refractivity contribution in [2.45, 2.75) is 82.5 Å². The van der Waals surface area contributed by atoms with Gasteiger partial charge in [0.2, 0.25) is 0 Å². The number of hydrogen-bond acceptors (Lipinski definition) is 7. The molecule has 0 aromatic heterocycles. The van der Waals surface area contributed by atoms with Crippen molar-refractivity contribution in [3.63, 3.8) is 0 Å². The molecule has 0 saturated carbocycles. The van der Waals surface area contributed by atoms with E-state index in [1.807, 2.05) is 54.3 Å². The van der Waals surface area contributed by atoms with Crippen molar-refractivity contribution < 1.29 is 28.5 Å². The van der Waals surface area contributed by atoms with Crippen LogP contribution in [0.4, 0.5) is 4.79 Å². The van der Waals surface area contributed by atoms with Crippen LogP contribution in [0.25, 0.3) is 0 Å². The number of ether oxygens (including phenoxy) is 4. The van der Waals surface area contributed by atoms with E-state index in [-0.39, 0.29) is 23.4 Å². The van der Waals surface area contributed by atoms with E-state index in [2.05, 4.69) is 13.2 Å². The molecule has 0 N–H and O–H groups in total. The molecule has 2 aliphatic heterocycles. The molecule has 7 nitrogen and oxygen atoms in total. The molecule has 1 unspecified atom stereocenters. The molecule has 40 heavy (non-hydrogen) atoms. The first-order chi connectivity index (χ1) is 19.3. The van der Waals surface area contributed by atoms with Crippen LogP contribution in [0, 0.1) is 0 Å². The first-order valence-corrected chi connectivity index (χ1v) is 14.9. The second kappa shape index (κ2) is 15.8. The van der Waals surface area contributed by atoms with Gasteiger partial charge in [-0.2, -0.15) is 0 Å². The highest BCUT2D eigenvalue weighted by atomic mass is 32.2. The van der Waals surface area contributed by atoms with Crippen LogP contribution in [0.2, 0.25) is 0 Å². The van der Waals surface area contributed by atoms with E-state index in [0.717, 1.165) is 49.0 Å². The van der Waals surface area contributed by atoms with Crippen LogP contribution in [-0.4, -0.2) is 60.1 Å². The fourth-order valence-corrected chi connectivity index (χ4v) is 6.29. The number of esters is 1. The zero-order chi connectivity index (χ0) is 29.0. The Bertz CT molecular complexity index is 1070. The normalized spacial score (nSPS) is 25.3. The number of unbranched alkanes of at least 4 members (excludes halogenated alkanes) is 1. The van der Waals surface area contributed by atoms with Crippen LogP contribution < -0.4 is 4.74 Å². The van der Waals surface area contributed by atoms with Gasteiger partial charge < -0.3 is 23.8 Å². The lowest BCUT2D eigenvalue weighted by molar-refractivity contribution is -0.305. The molecule has 1 aromatic carbocycles. The third-order valence-electron chi connectivity index (χ3n) is 7.30. The van der Waals surface area contributed by atoms with Crippen molar-refractivity contribution in [2.75, 3.05) is 20.0 Å². The Hall–Kier alpha value is -2.81. The van der Waals surface area contributed by atoms with E-state index in [1.165, 1.54) is 11.8 Å². The van der Waals surface area contributed by atoms with E-state index in [1.54, 1.807) is 26.4 Å². The molecule has 2 aliphatic rings. The Labute approximate surface area is 243 Å². The number of allylic oxidation sites excluding steroid dienone is 5. The molecule has 1 aromatic rings. The lowest BCUT2D eigenvalue weighted by Gasteiger charge is -2.48. The van der Waals surface area contributed by atoms with E-state index >= 15 is 0 Å². The lowest BCUT2D eigenvalue weighted by atomic mass is 9.90. The average Bonchev–Trinajstić information content (AvgIpc) is 3.31. The van der Waals surface area contributed by atoms with Crippen LogP contribution in [-0.2, 0) is 25.5 Å². The van der Waals surface area contributed by atoms with Gasteiger partial charge in [0.15, 0.2) is 5.79 Å². The highest BCUT2D eigenvalue weighted by Gasteiger charge is 2.54. The zero-order valence-electron chi connectivity index (χ0n) is 24.0. The Morgan fingerprint density at radius 2 is 2.00 bits per heavy atom. The molecule has 4 atom stereocenters. The zero-order valence-corrected chi connectivity index (χ0v) is 24.8. The van der Waals surface area contributed by atoms with Gasteiger partial charge in [-0.1, -0.05) is 60.4 Å². The summed E-state index contributed by atoms with van der Waals surface area (Å²) in [6.07, 6.45) is 13.6. The molecule has 0 radical (unpaired) electrons. The van der Waals surface area contributed by atoms with E-state index in [9.17, 15) is 9.59 Å². The number of carbonyl (C=O) groups is 2. The number of hydrogen-bond donors (Lipinski definition) is 0. The molecule has 3 rings (SSSR count). The Morgan fingerprint density at radius 1 is 1.23 bits per heavy atom. The summed E-state index contributed by atoms with van der Waals surface area (Å²) in [6.45, 7) is 9.86. The third-order valence-corrected chi connectivity index (χ3v) is 8.27. The van der Waals surface area contributed by atoms with Crippen LogP contribution in [0.3, 0.4) is 0 Å². The minimum absolute atomic E-state index is 0.0211. The van der Waals surface area contributed by atoms with Crippen molar-refractivity contribution in [3.05, 3.63) is 78.9 Å². The number of benzene rings is 1. The number of methoxy groups -OCH3 is 2. The minimum atomic E-state index is -1.10. The van der Waals surface area contributed by atoms with Gasteiger partial charge in [-0.3, -0.25) is 4.79 Å². The van der Waals surface area contributed by atoms with Gasteiger partial charge in [0.1, 0.15) is 11.9 Å². The highest BCUT2D eigenvalue weighted by molar-refractivity contribution is 8.13. The molecule has 0 bridgehead atoms. The highest BCUT2D eigenvalue weighted by Crippen LogP contribution is 2.42. The van der Waals surface area contributed by atoms with Gasteiger partial charge >= 0.3 is 5.97 Å². The number of carbonyl (C=O) groups excluding carboxylic acids is 2. The fraction of sp³-hybridized carbons (Fsp3) is 0.500. The Morgan fingerprint density at radius 3 is 2.67 bits per heavy atom. The van der Waals surface area contributed by atoms with Gasteiger partial charge in [-0.25, -0.2) is 4.79 Å². The maximum atomic E-state index is 13.1. The molecule has 218 valence electrons. The first kappa shape index (κ1) is 31.7. The van der Waals surface area contributed by atoms with Crippen molar-refractivity contribution in [1.29, 1.82) is 0 Å². The summed E-state index contributed by atoms with van der Waals surface area (Å²) >= 11 is 1.27. The first-order valence-electron chi connectivity index (χ1n) is 13.9. The van der Waals surface area contributed by atoms with Crippen molar-refractivity contribution in [1.82, 2.24) is 4.90 Å². The fourth-order valence-electron chi connectivity index (χ4n) is 5.20. The predicted octanol–water partition coefficient (Wildman–Crippen LogP) is 6.99. The van der Waals surface area contributed by atoms with Crippen LogP contribution >= 0.6 is 11.8 Å². The second-order valence-electron chi connectivity index (χ2n) is 10.2. The van der Waals surface area contributed by atoms with Gasteiger partial charge in [0.05, 0.1) is 19.3 Å². The van der Waals surface area contributed by atoms with Crippen LogP contribution in [0.15, 0.2) is 73.4 Å². The summed E-state index contributed by atoms with van der Waals surface area (Å²) in [4.78, 5) is 27.8. The smallest absolute Gasteiger partial charge is 0.330 e. The molecule has 1 amide bonds. The molecular weight excluding hydrogens is 526 g/mol. The quantitative estimate of drug-likeness (QED) is 0.0741. The maximum absolute atomic E-state index is 13.1. The third kappa shape index (κ3) is 8.85. The molecule has 0 spiro atoms. The standard InChI is InChI=1S/C32H43NO6S/c1-6-8-10-12-13-24(3)19-30(34)38-28-20-27(14-11-9-7-2)39-32(21-28,37-5)29-23-40-31(35)33(29)22-25-15-17-26(36-4)18-16-25/h6-8,10,15-19,27-29H,1-2,9,11-14,20-23H2,3-5H3/t27-,28-,29?,32-/m1/s1. The molecule has 2 fully saturated rings. The monoisotopic (exact) mass is 569 g/mol. The van der Waals surface area contributed by atoms with E-state index in [4.69, 9.17) is 18.9 Å². The summed E-state index contributed by atoms with van der Waals surface area (Å²) in [6, 6.07) is 7.35. The van der Waals surface area contributed by atoms with Crippen molar-refractivity contribution >= 4 is 23.0 Å². The topological polar surface area (TPSA) is 74.3 Å². The molecule has 8 heteroatoms. The van der Waals surface area contributed by atoms with Gasteiger partial charge in [-0.15, -0.1) is 6.58 Å². The number of thioether (sulfide) groups is 1. The van der Waals surface area contributed by atoms with Gasteiger partial charge in [-0.05, 0) is 56.7 Å². The van der Waals surface area contributed by atoms with E-state index in [0.29, 0.717) is 25.1 Å². The maximum Gasteiger partial charge on any atom is 0.330 e. The van der Waals surface area contributed by atoms with Crippen LogP contribution in [0.1, 0.15) is 57.4 Å². The summed E-state index contributed by atoms with van der Waals surface area (Å²) in [5.74, 6) is -0.169. The van der Waals surface area contributed by atoms with Crippen molar-refractivity contribution in [2.24, 2.45) is 0 Å². The molecule has 2 saturated heterocycles. The Kier molecular flexibility index (Phi) is 12.6. The second-order valence-corrected chi connectivity index (χ2v) is 11.2. The van der Waals surface area contributed by atoms with E-state index < -0.39 is 11.9 Å². The number of nitrogens with zero attached hydrogens (tertiary/aromatic N) is 1. The number of amides is 1. The number of rotatable bonds is 15. The van der Waals surface area contributed by atoms with Crippen molar-refractivity contribution in [3.8, 4) is 5.75 Å². The van der Waals surface area contributed by atoms with Gasteiger partial charge in [0.25, 0.3) is 5.24 Å². The predicted molar refractivity (Wildman–Crippen MR) is 160 cm³/mol. The Balaban J connectivity index is 1.79. The molecular formula is C32H43NO6S. The van der Waals surface area contributed by atoms with Gasteiger partial charge in [0, 0.05) is 38.3 Å². The average molecular weight is 570 g/mol. The SMILES string of the molecule is C=CC=CCCC(C)=CC(=O)O[C@@H]1C[C@@H](CCCC=C)O[C@@](OC)(C2CSC(=O)N2Cc2ccc(OC)cc2)C1. The molecule has 0 aliphatic carbocycles. The molecule has 2 heterocycles. The summed E-state index contributed by atoms with van der Waals surface area (Å²) in [5, 5.41) is -0.0211. The lowest BCUT2D eigenvalue weighted by Crippen LogP contribution is -2.60. The summed E-state index contributed by atoms with van der Waals surface area (Å²) in [7, 11) is 3.24.